The summed E-state index contributed by atoms with van der Waals surface area (Å²) >= 11 is 0. The van der Waals surface area contributed by atoms with E-state index in [1.54, 1.807) is 0 Å². The Kier molecular flexibility index (Phi) is 7.47. The Hall–Kier alpha value is -4.06. The van der Waals surface area contributed by atoms with Gasteiger partial charge in [-0.15, -0.1) is 0 Å². The van der Waals surface area contributed by atoms with Crippen molar-refractivity contribution in [3.05, 3.63) is 95.2 Å². The van der Waals surface area contributed by atoms with Crippen molar-refractivity contribution in [2.24, 2.45) is 13.0 Å². The van der Waals surface area contributed by atoms with Gasteiger partial charge < -0.3 is 19.5 Å². The van der Waals surface area contributed by atoms with Crippen molar-refractivity contribution in [1.82, 2.24) is 9.47 Å². The maximum Gasteiger partial charge on any atom is 0.255 e. The molecule has 1 N–H and O–H groups in total. The van der Waals surface area contributed by atoms with Gasteiger partial charge in [-0.05, 0) is 61.2 Å². The van der Waals surface area contributed by atoms with E-state index in [9.17, 15) is 9.59 Å². The van der Waals surface area contributed by atoms with Gasteiger partial charge in [0.2, 0.25) is 5.91 Å². The van der Waals surface area contributed by atoms with Crippen LogP contribution in [0.15, 0.2) is 72.8 Å². The molecule has 6 nitrogen and oxygen atoms in total. The van der Waals surface area contributed by atoms with Crippen LogP contribution in [0.4, 0.5) is 5.69 Å². The van der Waals surface area contributed by atoms with Crippen molar-refractivity contribution in [3.63, 3.8) is 0 Å². The Bertz CT molecular complexity index is 1500. The third-order valence-corrected chi connectivity index (χ3v) is 8.07. The van der Waals surface area contributed by atoms with E-state index in [0.29, 0.717) is 17.9 Å². The first kappa shape index (κ1) is 26.5. The van der Waals surface area contributed by atoms with Crippen LogP contribution in [-0.4, -0.2) is 33.9 Å². The van der Waals surface area contributed by atoms with Gasteiger partial charge in [0, 0.05) is 40.5 Å². The maximum absolute atomic E-state index is 14.1. The zero-order valence-electron chi connectivity index (χ0n) is 23.4. The number of carbonyl (C=O) groups is 2. The number of fused-ring (bicyclic) bond motifs is 2. The minimum absolute atomic E-state index is 0.0618. The highest BCUT2D eigenvalue weighted by Gasteiger charge is 2.46. The first-order valence-corrected chi connectivity index (χ1v) is 13.9. The summed E-state index contributed by atoms with van der Waals surface area (Å²) in [6.45, 7) is 8.92. The first-order valence-electron chi connectivity index (χ1n) is 13.9. The van der Waals surface area contributed by atoms with Crippen molar-refractivity contribution in [2.75, 3.05) is 11.9 Å². The zero-order chi connectivity index (χ0) is 27.7. The molecule has 5 rings (SSSR count). The summed E-state index contributed by atoms with van der Waals surface area (Å²) in [5.74, 6) is 0.417. The van der Waals surface area contributed by atoms with Crippen LogP contribution in [0.1, 0.15) is 66.8 Å². The lowest BCUT2D eigenvalue weighted by atomic mass is 9.91. The molecule has 0 aliphatic carbocycles. The molecule has 39 heavy (non-hydrogen) atoms. The second kappa shape index (κ2) is 11.0. The summed E-state index contributed by atoms with van der Waals surface area (Å²) in [5.41, 5.74) is 5.55. The molecule has 202 valence electrons. The Morgan fingerprint density at radius 3 is 2.41 bits per heavy atom. The van der Waals surface area contributed by atoms with Gasteiger partial charge in [-0.2, -0.15) is 0 Å². The van der Waals surface area contributed by atoms with Gasteiger partial charge in [-0.1, -0.05) is 63.6 Å². The number of nitrogens with zero attached hydrogens (tertiary/aromatic N) is 2. The van der Waals surface area contributed by atoms with Crippen LogP contribution in [0, 0.1) is 12.8 Å². The van der Waals surface area contributed by atoms with Gasteiger partial charge in [-0.25, -0.2) is 0 Å². The standard InChI is InChI=1S/C33H37N3O3/c1-6-20-39-24-18-16-23(17-19-24)34-32(37)30(21(3)7-2)36-31(25-12-8-9-13-26(25)33(36)38)29-22(4)35(5)28-15-11-10-14-27(28)29/h8-19,21,30-31H,6-7,20H2,1-5H3,(H,34,37). The van der Waals surface area contributed by atoms with E-state index < -0.39 is 6.04 Å². The molecule has 0 saturated heterocycles. The van der Waals surface area contributed by atoms with E-state index in [1.165, 1.54) is 0 Å². The van der Waals surface area contributed by atoms with Crippen LogP contribution in [0.3, 0.4) is 0 Å². The lowest BCUT2D eigenvalue weighted by Crippen LogP contribution is -2.50. The largest absolute Gasteiger partial charge is 0.494 e. The third-order valence-electron chi connectivity index (χ3n) is 8.07. The number of aromatic nitrogens is 1. The molecular weight excluding hydrogens is 486 g/mol. The molecule has 0 spiro atoms. The number of nitrogens with one attached hydrogen (secondary N) is 1. The fourth-order valence-corrected chi connectivity index (χ4v) is 5.77. The number of aryl methyl sites for hydroxylation is 1. The maximum atomic E-state index is 14.1. The van der Waals surface area contributed by atoms with Gasteiger partial charge in [-0.3, -0.25) is 9.59 Å². The summed E-state index contributed by atoms with van der Waals surface area (Å²) in [7, 11) is 2.06. The molecule has 3 aromatic carbocycles. The van der Waals surface area contributed by atoms with Gasteiger partial charge in [0.25, 0.3) is 5.91 Å². The minimum Gasteiger partial charge on any atom is -0.494 e. The van der Waals surface area contributed by atoms with E-state index >= 15 is 0 Å². The number of hydrogen-bond acceptors (Lipinski definition) is 3. The zero-order valence-corrected chi connectivity index (χ0v) is 23.4. The summed E-state index contributed by atoms with van der Waals surface area (Å²) in [6, 6.07) is 22.5. The Morgan fingerprint density at radius 1 is 1.00 bits per heavy atom. The molecule has 3 unspecified atom stereocenters. The van der Waals surface area contributed by atoms with E-state index in [-0.39, 0.29) is 23.8 Å². The van der Waals surface area contributed by atoms with E-state index in [1.807, 2.05) is 65.6 Å². The van der Waals surface area contributed by atoms with Gasteiger partial charge in [0.05, 0.1) is 12.6 Å². The van der Waals surface area contributed by atoms with E-state index in [2.05, 4.69) is 56.8 Å². The minimum atomic E-state index is -0.658. The molecule has 0 saturated carbocycles. The van der Waals surface area contributed by atoms with Crippen LogP contribution >= 0.6 is 0 Å². The lowest BCUT2D eigenvalue weighted by molar-refractivity contribution is -0.122. The molecule has 0 bridgehead atoms. The highest BCUT2D eigenvalue weighted by Crippen LogP contribution is 2.45. The number of benzene rings is 3. The predicted molar refractivity (Wildman–Crippen MR) is 156 cm³/mol. The van der Waals surface area contributed by atoms with E-state index in [0.717, 1.165) is 46.3 Å². The molecule has 1 aliphatic rings. The topological polar surface area (TPSA) is 63.6 Å². The fraction of sp³-hybridized carbons (Fsp3) is 0.333. The van der Waals surface area contributed by atoms with E-state index in [4.69, 9.17) is 4.74 Å². The van der Waals surface area contributed by atoms with Crippen LogP contribution in [0.25, 0.3) is 10.9 Å². The molecule has 1 aromatic heterocycles. The van der Waals surface area contributed by atoms with Crippen molar-refractivity contribution >= 4 is 28.4 Å². The SMILES string of the molecule is CCCOc1ccc(NC(=O)C(C(C)CC)N2C(=O)c3ccccc3C2c2c(C)n(C)c3ccccc23)cc1. The van der Waals surface area contributed by atoms with Gasteiger partial charge in [0.15, 0.2) is 0 Å². The number of rotatable bonds is 9. The Morgan fingerprint density at radius 2 is 1.69 bits per heavy atom. The second-order valence-corrected chi connectivity index (χ2v) is 10.5. The average molecular weight is 524 g/mol. The molecule has 2 amide bonds. The number of para-hydroxylation sites is 1. The summed E-state index contributed by atoms with van der Waals surface area (Å²) in [5, 5.41) is 4.20. The van der Waals surface area contributed by atoms with Gasteiger partial charge in [0.1, 0.15) is 11.8 Å². The van der Waals surface area contributed by atoms with Crippen molar-refractivity contribution in [3.8, 4) is 5.75 Å². The van der Waals surface area contributed by atoms with Crippen LogP contribution in [-0.2, 0) is 11.8 Å². The molecule has 6 heteroatoms. The highest BCUT2D eigenvalue weighted by atomic mass is 16.5. The van der Waals surface area contributed by atoms with Crippen LogP contribution in [0.5, 0.6) is 5.75 Å². The van der Waals surface area contributed by atoms with Gasteiger partial charge >= 0.3 is 0 Å². The number of amides is 2. The lowest BCUT2D eigenvalue weighted by Gasteiger charge is -2.36. The Labute approximate surface area is 230 Å². The molecule has 0 radical (unpaired) electrons. The summed E-state index contributed by atoms with van der Waals surface area (Å²) in [6.07, 6.45) is 1.68. The molecule has 3 atom stereocenters. The normalized spacial score (nSPS) is 16.3. The molecule has 2 heterocycles. The smallest absolute Gasteiger partial charge is 0.255 e. The quantitative estimate of drug-likeness (QED) is 0.260. The molecule has 4 aromatic rings. The average Bonchev–Trinajstić information content (AvgIpc) is 3.38. The molecule has 0 fully saturated rings. The number of hydrogen-bond donors (Lipinski definition) is 1. The predicted octanol–water partition coefficient (Wildman–Crippen LogP) is 6.87. The molecule has 1 aliphatic heterocycles. The monoisotopic (exact) mass is 523 g/mol. The Balaban J connectivity index is 1.58. The third kappa shape index (κ3) is 4.69. The van der Waals surface area contributed by atoms with Crippen molar-refractivity contribution in [1.29, 1.82) is 0 Å². The summed E-state index contributed by atoms with van der Waals surface area (Å²) in [4.78, 5) is 30.0. The fourth-order valence-electron chi connectivity index (χ4n) is 5.77. The highest BCUT2D eigenvalue weighted by molar-refractivity contribution is 6.05. The number of anilines is 1. The van der Waals surface area contributed by atoms with Crippen molar-refractivity contribution in [2.45, 2.75) is 52.6 Å². The second-order valence-electron chi connectivity index (χ2n) is 10.5. The van der Waals surface area contributed by atoms with Crippen molar-refractivity contribution < 1.29 is 14.3 Å². The van der Waals surface area contributed by atoms with Crippen LogP contribution < -0.4 is 10.1 Å². The number of ether oxygens (including phenoxy) is 1. The first-order chi connectivity index (χ1) is 18.9. The molecular formula is C33H37N3O3. The summed E-state index contributed by atoms with van der Waals surface area (Å²) < 4.78 is 7.87. The number of carbonyl (C=O) groups excluding carboxylic acids is 2. The van der Waals surface area contributed by atoms with Crippen LogP contribution in [0.2, 0.25) is 0 Å².